The molecular formula is C10HF19NaO2. The van der Waals surface area contributed by atoms with Gasteiger partial charge in [0.25, 0.3) is 0 Å². The number of halogens is 19. The van der Waals surface area contributed by atoms with E-state index in [2.05, 4.69) is 0 Å². The molecule has 32 heavy (non-hydrogen) atoms. The first-order chi connectivity index (χ1) is 12.9. The van der Waals surface area contributed by atoms with Crippen LogP contribution in [0.4, 0.5) is 83.4 Å². The number of carboxylic acid groups (broad SMARTS) is 1. The topological polar surface area (TPSA) is 37.3 Å². The standard InChI is InChI=1S/C10HF19O2.Na/c11-2(12,1(30)31)3(13,14)4(15,16)5(17,18)6(19,20)7(21,22)8(23,24)9(25,26)10(27,28)29;/h(H,30,31);. The first-order valence-electron chi connectivity index (χ1n) is 6.27. The van der Waals surface area contributed by atoms with Gasteiger partial charge in [0, 0.05) is 29.6 Å². The molecule has 22 heteroatoms. The van der Waals surface area contributed by atoms with E-state index in [9.17, 15) is 88.2 Å². The third-order valence-corrected chi connectivity index (χ3v) is 3.38. The van der Waals surface area contributed by atoms with Crippen LogP contribution in [0.15, 0.2) is 0 Å². The van der Waals surface area contributed by atoms with Gasteiger partial charge in [-0.25, -0.2) is 4.79 Å². The average molecular weight is 537 g/mol. The van der Waals surface area contributed by atoms with Gasteiger partial charge in [0.1, 0.15) is 0 Å². The smallest absolute Gasteiger partial charge is 0.460 e. The van der Waals surface area contributed by atoms with E-state index in [0.717, 1.165) is 0 Å². The Morgan fingerprint density at radius 2 is 0.594 bits per heavy atom. The van der Waals surface area contributed by atoms with E-state index in [1.807, 2.05) is 0 Å². The Hall–Kier alpha value is -0.860. The number of rotatable bonds is 8. The number of hydrogen-bond acceptors (Lipinski definition) is 1. The Labute approximate surface area is 183 Å². The summed E-state index contributed by atoms with van der Waals surface area (Å²) in [7, 11) is 0. The second-order valence-electron chi connectivity index (χ2n) is 5.40. The number of carbonyl (C=O) groups is 1. The molecule has 0 saturated heterocycles. The van der Waals surface area contributed by atoms with Gasteiger partial charge in [0.2, 0.25) is 0 Å². The summed E-state index contributed by atoms with van der Waals surface area (Å²) in [5.74, 6) is -73.3. The third kappa shape index (κ3) is 3.88. The molecule has 0 bridgehead atoms. The molecule has 0 atom stereocenters. The zero-order chi connectivity index (χ0) is 26.1. The van der Waals surface area contributed by atoms with Crippen LogP contribution in [0, 0.1) is 0 Å². The Morgan fingerprint density at radius 3 is 0.781 bits per heavy atom. The van der Waals surface area contributed by atoms with Gasteiger partial charge in [-0.2, -0.15) is 83.4 Å². The molecule has 0 amide bonds. The minimum absolute atomic E-state index is 0. The van der Waals surface area contributed by atoms with Crippen molar-refractivity contribution < 1.29 is 93.3 Å². The van der Waals surface area contributed by atoms with Gasteiger partial charge >= 0.3 is 59.5 Å². The SMILES string of the molecule is O=C(O)C(F)(F)C(F)(F)C(F)(F)C(F)(F)C(F)(F)C(F)(F)C(F)(F)C(F)(F)C(F)(F)F.[Na]. The van der Waals surface area contributed by atoms with Crippen LogP contribution in [-0.2, 0) is 4.79 Å². The quantitative estimate of drug-likeness (QED) is 0.336. The van der Waals surface area contributed by atoms with Crippen LogP contribution in [-0.4, -0.2) is 94.2 Å². The van der Waals surface area contributed by atoms with E-state index in [1.54, 1.807) is 0 Å². The van der Waals surface area contributed by atoms with Gasteiger partial charge in [-0.3, -0.25) is 0 Å². The van der Waals surface area contributed by atoms with Gasteiger partial charge in [0.05, 0.1) is 0 Å². The number of aliphatic carboxylic acids is 1. The molecule has 0 saturated carbocycles. The molecule has 0 aromatic rings. The van der Waals surface area contributed by atoms with E-state index in [1.165, 1.54) is 0 Å². The molecule has 0 heterocycles. The Kier molecular flexibility index (Phi) is 8.45. The van der Waals surface area contributed by atoms with Gasteiger partial charge in [0.15, 0.2) is 0 Å². The largest absolute Gasteiger partial charge is 0.477 e. The fraction of sp³-hybridized carbons (Fsp3) is 0.900. The molecule has 0 aliphatic heterocycles. The van der Waals surface area contributed by atoms with Crippen LogP contribution in [0.3, 0.4) is 0 Å². The van der Waals surface area contributed by atoms with E-state index in [-0.39, 0.29) is 29.6 Å². The van der Waals surface area contributed by atoms with Crippen molar-refractivity contribution in [2.45, 2.75) is 53.6 Å². The summed E-state index contributed by atoms with van der Waals surface area (Å²) < 4.78 is 242. The maximum Gasteiger partial charge on any atom is 0.460 e. The van der Waals surface area contributed by atoms with Crippen molar-refractivity contribution in [3.63, 3.8) is 0 Å². The van der Waals surface area contributed by atoms with Crippen molar-refractivity contribution in [3.05, 3.63) is 0 Å². The maximum atomic E-state index is 13.1. The number of alkyl halides is 19. The molecular weight excluding hydrogens is 536 g/mol. The molecule has 1 N–H and O–H groups in total. The number of carboxylic acids is 1. The molecule has 0 spiro atoms. The second-order valence-corrected chi connectivity index (χ2v) is 5.40. The van der Waals surface area contributed by atoms with Gasteiger partial charge < -0.3 is 5.11 Å². The summed E-state index contributed by atoms with van der Waals surface area (Å²) in [6.45, 7) is 0. The zero-order valence-corrected chi connectivity index (χ0v) is 16.0. The van der Waals surface area contributed by atoms with Gasteiger partial charge in [-0.15, -0.1) is 0 Å². The maximum absolute atomic E-state index is 13.1. The summed E-state index contributed by atoms with van der Waals surface area (Å²) in [4.78, 5) is 9.80. The molecule has 0 aliphatic carbocycles. The first kappa shape index (κ1) is 33.3. The summed E-state index contributed by atoms with van der Waals surface area (Å²) in [5, 5.41) is 7.61. The molecule has 0 aromatic heterocycles. The van der Waals surface area contributed by atoms with Crippen LogP contribution in [0.1, 0.15) is 0 Å². The average Bonchev–Trinajstić information content (AvgIpc) is 2.52. The van der Waals surface area contributed by atoms with Crippen LogP contribution >= 0.6 is 0 Å². The molecule has 187 valence electrons. The Balaban J connectivity index is 0. The van der Waals surface area contributed by atoms with Crippen LogP contribution < -0.4 is 0 Å². The van der Waals surface area contributed by atoms with Crippen molar-refractivity contribution in [1.82, 2.24) is 0 Å². The predicted octanol–water partition coefficient (Wildman–Crippen LogP) is 5.33. The van der Waals surface area contributed by atoms with E-state index >= 15 is 0 Å². The molecule has 0 unspecified atom stereocenters. The van der Waals surface area contributed by atoms with Crippen LogP contribution in [0.2, 0.25) is 0 Å². The summed E-state index contributed by atoms with van der Waals surface area (Å²) in [6.07, 6.45) is -7.95. The summed E-state index contributed by atoms with van der Waals surface area (Å²) >= 11 is 0. The summed E-state index contributed by atoms with van der Waals surface area (Å²) in [5.41, 5.74) is 0. The van der Waals surface area contributed by atoms with Crippen LogP contribution in [0.5, 0.6) is 0 Å². The third-order valence-electron chi connectivity index (χ3n) is 3.38. The predicted molar refractivity (Wildman–Crippen MR) is 59.0 cm³/mol. The fourth-order valence-corrected chi connectivity index (χ4v) is 1.50. The summed E-state index contributed by atoms with van der Waals surface area (Å²) in [6, 6.07) is 0. The second kappa shape index (κ2) is 8.12. The Bertz CT molecular complexity index is 707. The zero-order valence-electron chi connectivity index (χ0n) is 14.0. The minimum Gasteiger partial charge on any atom is -0.477 e. The molecule has 0 aromatic carbocycles. The fourth-order valence-electron chi connectivity index (χ4n) is 1.50. The molecule has 0 aliphatic rings. The van der Waals surface area contributed by atoms with E-state index < -0.39 is 59.5 Å². The normalized spacial score (nSPS) is 16.0. The van der Waals surface area contributed by atoms with Gasteiger partial charge in [-0.05, 0) is 0 Å². The Morgan fingerprint density at radius 1 is 0.406 bits per heavy atom. The van der Waals surface area contributed by atoms with Gasteiger partial charge in [-0.1, -0.05) is 0 Å². The molecule has 0 fully saturated rings. The monoisotopic (exact) mass is 537 g/mol. The van der Waals surface area contributed by atoms with Crippen molar-refractivity contribution in [2.75, 3.05) is 0 Å². The van der Waals surface area contributed by atoms with E-state index in [0.29, 0.717) is 0 Å². The van der Waals surface area contributed by atoms with E-state index in [4.69, 9.17) is 5.11 Å². The first-order valence-corrected chi connectivity index (χ1v) is 6.27. The number of hydrogen-bond donors (Lipinski definition) is 1. The van der Waals surface area contributed by atoms with Crippen molar-refractivity contribution in [1.29, 1.82) is 0 Å². The van der Waals surface area contributed by atoms with Crippen molar-refractivity contribution >= 4 is 35.5 Å². The molecule has 2 nitrogen and oxygen atoms in total. The minimum atomic E-state index is -9.06. The van der Waals surface area contributed by atoms with Crippen molar-refractivity contribution in [3.8, 4) is 0 Å². The van der Waals surface area contributed by atoms with Crippen molar-refractivity contribution in [2.24, 2.45) is 0 Å². The molecule has 1 radical (unpaired) electrons. The van der Waals surface area contributed by atoms with Crippen LogP contribution in [0.25, 0.3) is 0 Å². The molecule has 0 rings (SSSR count).